The summed E-state index contributed by atoms with van der Waals surface area (Å²) in [6.07, 6.45) is 1.77. The molecule has 0 radical (unpaired) electrons. The van der Waals surface area contributed by atoms with E-state index in [1.807, 2.05) is 0 Å². The molecule has 5 heteroatoms. The molecule has 1 atom stereocenters. The summed E-state index contributed by atoms with van der Waals surface area (Å²) in [5.41, 5.74) is 2.37. The van der Waals surface area contributed by atoms with Crippen LogP contribution in [0.4, 0.5) is 0 Å². The third kappa shape index (κ3) is 2.41. The van der Waals surface area contributed by atoms with Crippen molar-refractivity contribution in [2.24, 2.45) is 0 Å². The summed E-state index contributed by atoms with van der Waals surface area (Å²) in [6.45, 7) is 5.55. The molecule has 2 heterocycles. The van der Waals surface area contributed by atoms with E-state index in [0.717, 1.165) is 43.9 Å². The van der Waals surface area contributed by atoms with Gasteiger partial charge in [-0.05, 0) is 44.1 Å². The largest absolute Gasteiger partial charge is 0.392 e. The molecule has 0 amide bonds. The van der Waals surface area contributed by atoms with Gasteiger partial charge in [0.1, 0.15) is 0 Å². The molecular formula is C15H21N3OS. The molecule has 1 fully saturated rings. The molecule has 0 unspecified atom stereocenters. The fourth-order valence-corrected chi connectivity index (χ4v) is 3.46. The first-order chi connectivity index (χ1) is 9.70. The van der Waals surface area contributed by atoms with Gasteiger partial charge < -0.3 is 14.2 Å². The van der Waals surface area contributed by atoms with Crippen molar-refractivity contribution in [3.05, 3.63) is 29.0 Å². The summed E-state index contributed by atoms with van der Waals surface area (Å²) in [6, 6.07) is 8.35. The number of aryl methyl sites for hydroxylation is 1. The fourth-order valence-electron chi connectivity index (χ4n) is 3.07. The standard InChI is InChI=1S/C15H21N3OS/c1-2-17-13-7-3-4-8-14(13)18(15(17)20)11-16-9-5-6-12(19)10-16/h3-4,7-8,12,19H,2,5-6,9-11H2,1H3/t12-/m0/s1. The Bertz CT molecular complexity index is 661. The van der Waals surface area contributed by atoms with Gasteiger partial charge in [0.15, 0.2) is 4.77 Å². The second-order valence-electron chi connectivity index (χ2n) is 5.46. The predicted octanol–water partition coefficient (Wildman–Crippen LogP) is 2.61. The minimum Gasteiger partial charge on any atom is -0.392 e. The van der Waals surface area contributed by atoms with E-state index >= 15 is 0 Å². The van der Waals surface area contributed by atoms with Gasteiger partial charge in [0.25, 0.3) is 0 Å². The fraction of sp³-hybridized carbons (Fsp3) is 0.533. The van der Waals surface area contributed by atoms with Crippen molar-refractivity contribution in [3.63, 3.8) is 0 Å². The first-order valence-electron chi connectivity index (χ1n) is 7.29. The van der Waals surface area contributed by atoms with Crippen molar-refractivity contribution in [2.45, 2.75) is 39.1 Å². The molecule has 1 saturated heterocycles. The third-order valence-electron chi connectivity index (χ3n) is 4.06. The lowest BCUT2D eigenvalue weighted by molar-refractivity contribution is 0.0547. The topological polar surface area (TPSA) is 33.3 Å². The molecule has 1 aliphatic rings. The van der Waals surface area contributed by atoms with E-state index in [9.17, 15) is 5.11 Å². The van der Waals surface area contributed by atoms with Gasteiger partial charge in [0.2, 0.25) is 0 Å². The summed E-state index contributed by atoms with van der Waals surface area (Å²) in [4.78, 5) is 2.29. The average Bonchev–Trinajstić information content (AvgIpc) is 2.72. The number of benzene rings is 1. The molecule has 0 bridgehead atoms. The van der Waals surface area contributed by atoms with E-state index in [2.05, 4.69) is 45.2 Å². The number of hydrogen-bond donors (Lipinski definition) is 1. The zero-order valence-electron chi connectivity index (χ0n) is 11.8. The van der Waals surface area contributed by atoms with Gasteiger partial charge in [-0.2, -0.15) is 0 Å². The molecule has 1 aromatic carbocycles. The van der Waals surface area contributed by atoms with Gasteiger partial charge in [-0.15, -0.1) is 0 Å². The number of aliphatic hydroxyl groups excluding tert-OH is 1. The minimum atomic E-state index is -0.197. The van der Waals surface area contributed by atoms with Gasteiger partial charge >= 0.3 is 0 Å². The van der Waals surface area contributed by atoms with Gasteiger partial charge in [-0.1, -0.05) is 12.1 Å². The summed E-state index contributed by atoms with van der Waals surface area (Å²) in [5, 5.41) is 9.81. The molecule has 108 valence electrons. The lowest BCUT2D eigenvalue weighted by Gasteiger charge is -2.30. The van der Waals surface area contributed by atoms with Crippen LogP contribution >= 0.6 is 12.2 Å². The summed E-state index contributed by atoms with van der Waals surface area (Å²) in [5.74, 6) is 0. The summed E-state index contributed by atoms with van der Waals surface area (Å²) in [7, 11) is 0. The van der Waals surface area contributed by atoms with Crippen LogP contribution < -0.4 is 0 Å². The number of nitrogens with zero attached hydrogens (tertiary/aromatic N) is 3. The van der Waals surface area contributed by atoms with Gasteiger partial charge in [-0.3, -0.25) is 4.90 Å². The molecule has 20 heavy (non-hydrogen) atoms. The van der Waals surface area contributed by atoms with E-state index in [1.54, 1.807) is 0 Å². The number of aliphatic hydroxyl groups is 1. The minimum absolute atomic E-state index is 0.197. The Morgan fingerprint density at radius 2 is 1.95 bits per heavy atom. The highest BCUT2D eigenvalue weighted by Gasteiger charge is 2.19. The molecule has 0 aliphatic carbocycles. The number of para-hydroxylation sites is 2. The number of likely N-dealkylation sites (tertiary alicyclic amines) is 1. The second-order valence-corrected chi connectivity index (χ2v) is 5.82. The van der Waals surface area contributed by atoms with Crippen molar-refractivity contribution in [2.75, 3.05) is 13.1 Å². The van der Waals surface area contributed by atoms with Crippen LogP contribution in [0.15, 0.2) is 24.3 Å². The average molecular weight is 291 g/mol. The number of β-amino-alcohol motifs (C(OH)–C–C–N with tert-alkyl or cyclic N) is 1. The molecule has 0 spiro atoms. The zero-order chi connectivity index (χ0) is 14.1. The van der Waals surface area contributed by atoms with E-state index in [1.165, 1.54) is 11.0 Å². The van der Waals surface area contributed by atoms with Crippen molar-refractivity contribution >= 4 is 23.3 Å². The van der Waals surface area contributed by atoms with Crippen molar-refractivity contribution in [3.8, 4) is 0 Å². The summed E-state index contributed by atoms with van der Waals surface area (Å²) >= 11 is 5.63. The smallest absolute Gasteiger partial charge is 0.181 e. The second kappa shape index (κ2) is 5.68. The number of rotatable bonds is 3. The number of piperidine rings is 1. The first kappa shape index (κ1) is 13.8. The Morgan fingerprint density at radius 1 is 1.25 bits per heavy atom. The molecule has 2 aromatic rings. The highest BCUT2D eigenvalue weighted by Crippen LogP contribution is 2.20. The number of fused-ring (bicyclic) bond motifs is 1. The van der Waals surface area contributed by atoms with Crippen LogP contribution in [0.1, 0.15) is 19.8 Å². The number of hydrogen-bond acceptors (Lipinski definition) is 3. The van der Waals surface area contributed by atoms with Crippen LogP contribution in [-0.4, -0.2) is 38.3 Å². The van der Waals surface area contributed by atoms with E-state index in [-0.39, 0.29) is 6.10 Å². The van der Waals surface area contributed by atoms with Crippen LogP contribution in [0, 0.1) is 4.77 Å². The normalized spacial score (nSPS) is 20.6. The van der Waals surface area contributed by atoms with E-state index in [4.69, 9.17) is 12.2 Å². The van der Waals surface area contributed by atoms with Crippen molar-refractivity contribution in [1.82, 2.24) is 14.0 Å². The maximum Gasteiger partial charge on any atom is 0.181 e. The Labute approximate surface area is 124 Å². The van der Waals surface area contributed by atoms with Crippen LogP contribution in [0.2, 0.25) is 0 Å². The molecule has 0 saturated carbocycles. The molecule has 4 nitrogen and oxygen atoms in total. The van der Waals surface area contributed by atoms with Crippen LogP contribution in [0.5, 0.6) is 0 Å². The van der Waals surface area contributed by atoms with Crippen LogP contribution in [0.25, 0.3) is 11.0 Å². The molecular weight excluding hydrogens is 270 g/mol. The van der Waals surface area contributed by atoms with Crippen LogP contribution in [-0.2, 0) is 13.2 Å². The maximum atomic E-state index is 9.81. The Balaban J connectivity index is 1.99. The van der Waals surface area contributed by atoms with E-state index in [0.29, 0.717) is 0 Å². The van der Waals surface area contributed by atoms with E-state index < -0.39 is 0 Å². The quantitative estimate of drug-likeness (QED) is 0.883. The number of imidazole rings is 1. The maximum absolute atomic E-state index is 9.81. The van der Waals surface area contributed by atoms with Gasteiger partial charge in [-0.25, -0.2) is 0 Å². The summed E-state index contributed by atoms with van der Waals surface area (Å²) < 4.78 is 5.23. The SMILES string of the molecule is CCn1c(=S)n(CN2CCC[C@H](O)C2)c2ccccc21. The zero-order valence-corrected chi connectivity index (χ0v) is 12.6. The molecule has 1 N–H and O–H groups in total. The molecule has 1 aliphatic heterocycles. The van der Waals surface area contributed by atoms with Gasteiger partial charge in [0, 0.05) is 19.6 Å². The van der Waals surface area contributed by atoms with Crippen LogP contribution in [0.3, 0.4) is 0 Å². The predicted molar refractivity (Wildman–Crippen MR) is 83.2 cm³/mol. The number of aromatic nitrogens is 2. The molecule has 3 rings (SSSR count). The lowest BCUT2D eigenvalue weighted by Crippen LogP contribution is -2.39. The highest BCUT2D eigenvalue weighted by atomic mass is 32.1. The lowest BCUT2D eigenvalue weighted by atomic mass is 10.1. The van der Waals surface area contributed by atoms with Gasteiger partial charge in [0.05, 0.1) is 23.8 Å². The molecule has 1 aromatic heterocycles. The van der Waals surface area contributed by atoms with Crippen molar-refractivity contribution < 1.29 is 5.11 Å². The monoisotopic (exact) mass is 291 g/mol. The Hall–Kier alpha value is -1.17. The Morgan fingerprint density at radius 3 is 2.60 bits per heavy atom. The van der Waals surface area contributed by atoms with Crippen molar-refractivity contribution in [1.29, 1.82) is 0 Å². The first-order valence-corrected chi connectivity index (χ1v) is 7.70. The third-order valence-corrected chi connectivity index (χ3v) is 4.50. The highest BCUT2D eigenvalue weighted by molar-refractivity contribution is 7.71. The Kier molecular flexibility index (Phi) is 3.92.